The number of carbonyl (C=O) groups excluding carboxylic acids is 1. The molecule has 0 saturated carbocycles. The second-order valence-corrected chi connectivity index (χ2v) is 4.08. The van der Waals surface area contributed by atoms with Gasteiger partial charge in [-0.1, -0.05) is 6.92 Å². The van der Waals surface area contributed by atoms with Gasteiger partial charge in [0, 0.05) is 26.7 Å². The van der Waals surface area contributed by atoms with E-state index in [9.17, 15) is 9.90 Å². The molecule has 1 aliphatic rings. The number of amides is 2. The van der Waals surface area contributed by atoms with E-state index in [0.717, 1.165) is 6.54 Å². The van der Waals surface area contributed by atoms with Crippen LogP contribution < -0.4 is 0 Å². The summed E-state index contributed by atoms with van der Waals surface area (Å²) in [6.07, 6.45) is 0.454. The van der Waals surface area contributed by atoms with E-state index in [2.05, 4.69) is 0 Å². The summed E-state index contributed by atoms with van der Waals surface area (Å²) in [6, 6.07) is 0.0752. The van der Waals surface area contributed by atoms with E-state index in [4.69, 9.17) is 0 Å². The SMILES string of the molecule is CCN(C)C(=O)N1CCC(O)C(C)C1. The third-order valence-corrected chi connectivity index (χ3v) is 2.93. The Balaban J connectivity index is 2.50. The highest BCUT2D eigenvalue weighted by Gasteiger charge is 2.28. The Morgan fingerprint density at radius 3 is 2.79 bits per heavy atom. The zero-order chi connectivity index (χ0) is 10.7. The summed E-state index contributed by atoms with van der Waals surface area (Å²) in [5.74, 6) is 0.193. The van der Waals surface area contributed by atoms with Gasteiger partial charge in [0.15, 0.2) is 0 Å². The number of likely N-dealkylation sites (tertiary alicyclic amines) is 1. The fraction of sp³-hybridized carbons (Fsp3) is 0.900. The number of piperidine rings is 1. The molecule has 1 N–H and O–H groups in total. The summed E-state index contributed by atoms with van der Waals surface area (Å²) in [6.45, 7) is 6.02. The summed E-state index contributed by atoms with van der Waals surface area (Å²) >= 11 is 0. The maximum Gasteiger partial charge on any atom is 0.319 e. The van der Waals surface area contributed by atoms with Gasteiger partial charge in [-0.05, 0) is 19.3 Å². The second-order valence-electron chi connectivity index (χ2n) is 4.08. The summed E-state index contributed by atoms with van der Waals surface area (Å²) in [4.78, 5) is 15.3. The van der Waals surface area contributed by atoms with E-state index >= 15 is 0 Å². The van der Waals surface area contributed by atoms with Crippen LogP contribution in [0.5, 0.6) is 0 Å². The van der Waals surface area contributed by atoms with Gasteiger partial charge in [-0.3, -0.25) is 0 Å². The minimum atomic E-state index is -0.244. The van der Waals surface area contributed by atoms with Crippen molar-refractivity contribution >= 4 is 6.03 Å². The Hall–Kier alpha value is -0.770. The zero-order valence-electron chi connectivity index (χ0n) is 9.23. The Morgan fingerprint density at radius 1 is 1.64 bits per heavy atom. The van der Waals surface area contributed by atoms with Crippen molar-refractivity contribution in [1.82, 2.24) is 9.80 Å². The lowest BCUT2D eigenvalue weighted by molar-refractivity contribution is 0.0422. The monoisotopic (exact) mass is 200 g/mol. The van der Waals surface area contributed by atoms with Gasteiger partial charge in [0.25, 0.3) is 0 Å². The molecule has 4 heteroatoms. The predicted molar refractivity (Wildman–Crippen MR) is 55.1 cm³/mol. The summed E-state index contributed by atoms with van der Waals surface area (Å²) in [5, 5.41) is 9.52. The van der Waals surface area contributed by atoms with E-state index in [0.29, 0.717) is 19.5 Å². The van der Waals surface area contributed by atoms with Gasteiger partial charge in [-0.15, -0.1) is 0 Å². The largest absolute Gasteiger partial charge is 0.393 e. The number of aliphatic hydroxyl groups is 1. The fourth-order valence-electron chi connectivity index (χ4n) is 1.68. The molecule has 0 aromatic carbocycles. The van der Waals surface area contributed by atoms with Crippen molar-refractivity contribution in [3.63, 3.8) is 0 Å². The molecule has 2 amide bonds. The quantitative estimate of drug-likeness (QED) is 0.679. The first-order valence-corrected chi connectivity index (χ1v) is 5.24. The highest BCUT2D eigenvalue weighted by molar-refractivity contribution is 5.74. The van der Waals surface area contributed by atoms with Gasteiger partial charge in [-0.25, -0.2) is 4.79 Å². The molecular weight excluding hydrogens is 180 g/mol. The predicted octanol–water partition coefficient (Wildman–Crippen LogP) is 0.761. The number of nitrogens with zero attached hydrogens (tertiary/aromatic N) is 2. The highest BCUT2D eigenvalue weighted by atomic mass is 16.3. The minimum Gasteiger partial charge on any atom is -0.393 e. The molecule has 0 aromatic heterocycles. The van der Waals surface area contributed by atoms with Gasteiger partial charge in [0.05, 0.1) is 6.10 Å². The Labute approximate surface area is 85.5 Å². The number of aliphatic hydroxyl groups excluding tert-OH is 1. The molecule has 0 bridgehead atoms. The van der Waals surface area contributed by atoms with Crippen LogP contribution in [0.25, 0.3) is 0 Å². The van der Waals surface area contributed by atoms with Crippen molar-refractivity contribution in [3.05, 3.63) is 0 Å². The van der Waals surface area contributed by atoms with Crippen LogP contribution in [0.15, 0.2) is 0 Å². The summed E-state index contributed by atoms with van der Waals surface area (Å²) < 4.78 is 0. The first kappa shape index (κ1) is 11.3. The van der Waals surface area contributed by atoms with Crippen molar-refractivity contribution in [2.24, 2.45) is 5.92 Å². The fourth-order valence-corrected chi connectivity index (χ4v) is 1.68. The van der Waals surface area contributed by atoms with Crippen LogP contribution in [0.1, 0.15) is 20.3 Å². The molecule has 82 valence electrons. The zero-order valence-corrected chi connectivity index (χ0v) is 9.23. The Kier molecular flexibility index (Phi) is 3.75. The van der Waals surface area contributed by atoms with E-state index in [1.54, 1.807) is 11.9 Å². The molecule has 2 unspecified atom stereocenters. The first-order chi connectivity index (χ1) is 6.56. The van der Waals surface area contributed by atoms with Crippen molar-refractivity contribution in [1.29, 1.82) is 0 Å². The molecule has 0 spiro atoms. The van der Waals surface area contributed by atoms with Gasteiger partial charge < -0.3 is 14.9 Å². The number of rotatable bonds is 1. The van der Waals surface area contributed by atoms with E-state index in [1.807, 2.05) is 18.7 Å². The maximum absolute atomic E-state index is 11.8. The highest BCUT2D eigenvalue weighted by Crippen LogP contribution is 2.17. The van der Waals surface area contributed by atoms with E-state index < -0.39 is 0 Å². The van der Waals surface area contributed by atoms with Crippen molar-refractivity contribution < 1.29 is 9.90 Å². The van der Waals surface area contributed by atoms with Gasteiger partial charge in [-0.2, -0.15) is 0 Å². The lowest BCUT2D eigenvalue weighted by Gasteiger charge is -2.36. The standard InChI is InChI=1S/C10H20N2O2/c1-4-11(3)10(14)12-6-5-9(13)8(2)7-12/h8-9,13H,4-7H2,1-3H3. The van der Waals surface area contributed by atoms with Crippen LogP contribution in [0.3, 0.4) is 0 Å². The van der Waals surface area contributed by atoms with E-state index in [1.165, 1.54) is 0 Å². The van der Waals surface area contributed by atoms with Crippen molar-refractivity contribution in [3.8, 4) is 0 Å². The normalized spacial score (nSPS) is 27.6. The van der Waals surface area contributed by atoms with Crippen LogP contribution in [-0.2, 0) is 0 Å². The molecule has 1 fully saturated rings. The molecule has 4 nitrogen and oxygen atoms in total. The smallest absolute Gasteiger partial charge is 0.319 e. The molecule has 0 aromatic rings. The Bertz CT molecular complexity index is 208. The minimum absolute atomic E-state index is 0.0752. The lowest BCUT2D eigenvalue weighted by atomic mass is 9.97. The van der Waals surface area contributed by atoms with Crippen LogP contribution in [0.4, 0.5) is 4.79 Å². The van der Waals surface area contributed by atoms with Crippen LogP contribution in [-0.4, -0.2) is 53.7 Å². The molecule has 14 heavy (non-hydrogen) atoms. The number of hydrogen-bond donors (Lipinski definition) is 1. The second kappa shape index (κ2) is 4.64. The topological polar surface area (TPSA) is 43.8 Å². The summed E-state index contributed by atoms with van der Waals surface area (Å²) in [5.41, 5.74) is 0. The third-order valence-electron chi connectivity index (χ3n) is 2.93. The summed E-state index contributed by atoms with van der Waals surface area (Å²) in [7, 11) is 1.80. The molecule has 2 atom stereocenters. The van der Waals surface area contributed by atoms with Crippen LogP contribution in [0, 0.1) is 5.92 Å². The molecule has 1 rings (SSSR count). The Morgan fingerprint density at radius 2 is 2.29 bits per heavy atom. The maximum atomic E-state index is 11.8. The number of carbonyl (C=O) groups is 1. The van der Waals surface area contributed by atoms with Crippen molar-refractivity contribution in [2.45, 2.75) is 26.4 Å². The molecule has 0 aliphatic carbocycles. The number of hydrogen-bond acceptors (Lipinski definition) is 2. The van der Waals surface area contributed by atoms with Crippen LogP contribution >= 0.6 is 0 Å². The van der Waals surface area contributed by atoms with Gasteiger partial charge >= 0.3 is 6.03 Å². The van der Waals surface area contributed by atoms with Gasteiger partial charge in [0.1, 0.15) is 0 Å². The van der Waals surface area contributed by atoms with Crippen molar-refractivity contribution in [2.75, 3.05) is 26.7 Å². The first-order valence-electron chi connectivity index (χ1n) is 5.24. The third kappa shape index (κ3) is 2.38. The molecule has 1 aliphatic heterocycles. The molecule has 1 heterocycles. The lowest BCUT2D eigenvalue weighted by Crippen LogP contribution is -2.49. The average Bonchev–Trinajstić information content (AvgIpc) is 2.20. The van der Waals surface area contributed by atoms with Gasteiger partial charge in [0.2, 0.25) is 0 Å². The molecule has 1 saturated heterocycles. The number of urea groups is 1. The van der Waals surface area contributed by atoms with E-state index in [-0.39, 0.29) is 18.1 Å². The average molecular weight is 200 g/mol. The molecule has 0 radical (unpaired) electrons. The molecular formula is C10H20N2O2. The van der Waals surface area contributed by atoms with Crippen LogP contribution in [0.2, 0.25) is 0 Å².